The molecule has 0 spiro atoms. The molecule has 20 heavy (non-hydrogen) atoms. The molecule has 0 aliphatic heterocycles. The number of hydrogen-bond donors (Lipinski definition) is 1. The van der Waals surface area contributed by atoms with Gasteiger partial charge < -0.3 is 5.32 Å². The Morgan fingerprint density at radius 1 is 1.15 bits per heavy atom. The van der Waals surface area contributed by atoms with Gasteiger partial charge in [0.15, 0.2) is 0 Å². The summed E-state index contributed by atoms with van der Waals surface area (Å²) in [7, 11) is 0. The fraction of sp³-hybridized carbons (Fsp3) is 0.667. The lowest BCUT2D eigenvalue weighted by atomic mass is 10.0. The maximum absolute atomic E-state index is 3.63. The third kappa shape index (κ3) is 5.14. The van der Waals surface area contributed by atoms with Crippen molar-refractivity contribution in [3.8, 4) is 0 Å². The highest BCUT2D eigenvalue weighted by Crippen LogP contribution is 2.35. The first-order chi connectivity index (χ1) is 9.44. The van der Waals surface area contributed by atoms with Crippen LogP contribution in [0.5, 0.6) is 0 Å². The Labute approximate surface area is 128 Å². The molecule has 1 N–H and O–H groups in total. The van der Waals surface area contributed by atoms with Crippen molar-refractivity contribution in [3.05, 3.63) is 29.3 Å². The van der Waals surface area contributed by atoms with E-state index in [1.54, 1.807) is 0 Å². The van der Waals surface area contributed by atoms with Crippen molar-refractivity contribution in [2.75, 3.05) is 0 Å². The van der Waals surface area contributed by atoms with E-state index in [1.807, 2.05) is 0 Å². The molecular weight excluding hydrogens is 262 g/mol. The van der Waals surface area contributed by atoms with Gasteiger partial charge in [0.2, 0.25) is 0 Å². The summed E-state index contributed by atoms with van der Waals surface area (Å²) >= 11 is 2.11. The Morgan fingerprint density at radius 3 is 2.50 bits per heavy atom. The van der Waals surface area contributed by atoms with Gasteiger partial charge in [-0.15, -0.1) is 11.8 Å². The smallest absolute Gasteiger partial charge is 0.0221 e. The SMILES string of the molecule is Cc1ccc(SC2CCCCC2)c(CNC(C)(C)C)c1. The number of nitrogens with one attached hydrogen (secondary N) is 1. The molecule has 1 saturated carbocycles. The van der Waals surface area contributed by atoms with E-state index in [4.69, 9.17) is 0 Å². The van der Waals surface area contributed by atoms with E-state index in [9.17, 15) is 0 Å². The van der Waals surface area contributed by atoms with Gasteiger partial charge in [-0.1, -0.05) is 37.0 Å². The fourth-order valence-electron chi connectivity index (χ4n) is 2.68. The van der Waals surface area contributed by atoms with Crippen LogP contribution in [0.4, 0.5) is 0 Å². The highest BCUT2D eigenvalue weighted by molar-refractivity contribution is 8.00. The molecule has 0 radical (unpaired) electrons. The molecule has 0 bridgehead atoms. The number of thioether (sulfide) groups is 1. The molecule has 2 rings (SSSR count). The summed E-state index contributed by atoms with van der Waals surface area (Å²) in [6, 6.07) is 6.93. The lowest BCUT2D eigenvalue weighted by Gasteiger charge is -2.24. The van der Waals surface area contributed by atoms with Crippen molar-refractivity contribution in [2.24, 2.45) is 0 Å². The molecule has 1 aromatic carbocycles. The Kier molecular flexibility index (Phi) is 5.57. The van der Waals surface area contributed by atoms with Gasteiger partial charge in [-0.2, -0.15) is 0 Å². The van der Waals surface area contributed by atoms with Crippen molar-refractivity contribution in [1.82, 2.24) is 5.32 Å². The molecule has 0 saturated heterocycles. The van der Waals surface area contributed by atoms with Crippen LogP contribution in [0.15, 0.2) is 23.1 Å². The molecule has 112 valence electrons. The molecule has 0 aromatic heterocycles. The van der Waals surface area contributed by atoms with Gasteiger partial charge in [0.05, 0.1) is 0 Å². The zero-order valence-electron chi connectivity index (χ0n) is 13.5. The predicted molar refractivity (Wildman–Crippen MR) is 90.5 cm³/mol. The van der Waals surface area contributed by atoms with Crippen molar-refractivity contribution < 1.29 is 0 Å². The third-order valence-electron chi connectivity index (χ3n) is 3.87. The maximum atomic E-state index is 3.63. The van der Waals surface area contributed by atoms with Crippen LogP contribution >= 0.6 is 11.8 Å². The normalized spacial score (nSPS) is 17.4. The zero-order valence-corrected chi connectivity index (χ0v) is 14.3. The van der Waals surface area contributed by atoms with E-state index in [1.165, 1.54) is 48.1 Å². The van der Waals surface area contributed by atoms with Gasteiger partial charge in [0.1, 0.15) is 0 Å². The lowest BCUT2D eigenvalue weighted by molar-refractivity contribution is 0.422. The van der Waals surface area contributed by atoms with Crippen LogP contribution in [0, 0.1) is 6.92 Å². The van der Waals surface area contributed by atoms with Crippen molar-refractivity contribution in [1.29, 1.82) is 0 Å². The van der Waals surface area contributed by atoms with Crippen molar-refractivity contribution in [3.63, 3.8) is 0 Å². The van der Waals surface area contributed by atoms with Crippen LogP contribution < -0.4 is 5.32 Å². The number of aryl methyl sites for hydroxylation is 1. The average molecular weight is 292 g/mol. The van der Waals surface area contributed by atoms with Gasteiger partial charge in [0.25, 0.3) is 0 Å². The van der Waals surface area contributed by atoms with E-state index in [0.29, 0.717) is 0 Å². The minimum absolute atomic E-state index is 0.177. The standard InChI is InChI=1S/C18H29NS/c1-14-10-11-17(20-16-8-6-5-7-9-16)15(12-14)13-19-18(2,3)4/h10-12,16,19H,5-9,13H2,1-4H3. The summed E-state index contributed by atoms with van der Waals surface area (Å²) < 4.78 is 0. The Balaban J connectivity index is 2.06. The Hall–Kier alpha value is -0.470. The quantitative estimate of drug-likeness (QED) is 0.807. The van der Waals surface area contributed by atoms with Crippen molar-refractivity contribution >= 4 is 11.8 Å². The van der Waals surface area contributed by atoms with Gasteiger partial charge >= 0.3 is 0 Å². The summed E-state index contributed by atoms with van der Waals surface area (Å²) in [5.41, 5.74) is 3.01. The van der Waals surface area contributed by atoms with Crippen LogP contribution in [-0.2, 0) is 6.54 Å². The molecule has 0 heterocycles. The van der Waals surface area contributed by atoms with Gasteiger partial charge in [-0.05, 0) is 52.2 Å². The molecule has 2 heteroatoms. The topological polar surface area (TPSA) is 12.0 Å². The highest BCUT2D eigenvalue weighted by atomic mass is 32.2. The second-order valence-corrected chi connectivity index (χ2v) is 8.43. The van der Waals surface area contributed by atoms with Gasteiger partial charge in [-0.3, -0.25) is 0 Å². The number of hydrogen-bond acceptors (Lipinski definition) is 2. The summed E-state index contributed by atoms with van der Waals surface area (Å²) in [4.78, 5) is 1.49. The van der Waals surface area contributed by atoms with Crippen LogP contribution in [-0.4, -0.2) is 10.8 Å². The molecule has 1 aliphatic rings. The van der Waals surface area contributed by atoms with Crippen LogP contribution in [0.2, 0.25) is 0 Å². The maximum Gasteiger partial charge on any atom is 0.0221 e. The average Bonchev–Trinajstić information content (AvgIpc) is 2.39. The molecule has 1 nitrogen and oxygen atoms in total. The van der Waals surface area contributed by atoms with E-state index < -0.39 is 0 Å². The monoisotopic (exact) mass is 291 g/mol. The molecule has 0 unspecified atom stereocenters. The Morgan fingerprint density at radius 2 is 1.85 bits per heavy atom. The summed E-state index contributed by atoms with van der Waals surface area (Å²) in [5, 5.41) is 4.46. The molecule has 1 fully saturated rings. The minimum atomic E-state index is 0.177. The van der Waals surface area contributed by atoms with E-state index in [0.717, 1.165) is 11.8 Å². The third-order valence-corrected chi connectivity index (χ3v) is 5.33. The zero-order chi connectivity index (χ0) is 14.6. The minimum Gasteiger partial charge on any atom is -0.308 e. The summed E-state index contributed by atoms with van der Waals surface area (Å²) in [6.07, 6.45) is 7.05. The molecule has 1 aliphatic carbocycles. The second kappa shape index (κ2) is 7.00. The lowest BCUT2D eigenvalue weighted by Crippen LogP contribution is -2.35. The van der Waals surface area contributed by atoms with E-state index in [-0.39, 0.29) is 5.54 Å². The molecule has 0 amide bonds. The summed E-state index contributed by atoms with van der Waals surface area (Å²) in [6.45, 7) is 9.86. The first kappa shape index (κ1) is 15.9. The number of benzene rings is 1. The first-order valence-corrected chi connectivity index (χ1v) is 8.83. The largest absolute Gasteiger partial charge is 0.308 e. The molecule has 1 aromatic rings. The molecule has 0 atom stereocenters. The summed E-state index contributed by atoms with van der Waals surface area (Å²) in [5.74, 6) is 0. The highest BCUT2D eigenvalue weighted by Gasteiger charge is 2.17. The van der Waals surface area contributed by atoms with E-state index in [2.05, 4.69) is 63.0 Å². The fourth-order valence-corrected chi connectivity index (χ4v) is 4.04. The number of rotatable bonds is 4. The predicted octanol–water partition coefficient (Wildman–Crippen LogP) is 5.31. The van der Waals surface area contributed by atoms with Gasteiger partial charge in [0, 0.05) is 22.2 Å². The Bertz CT molecular complexity index is 428. The van der Waals surface area contributed by atoms with Gasteiger partial charge in [-0.25, -0.2) is 0 Å². The second-order valence-electron chi connectivity index (χ2n) is 7.09. The van der Waals surface area contributed by atoms with Crippen molar-refractivity contribution in [2.45, 2.75) is 82.0 Å². The van der Waals surface area contributed by atoms with Crippen LogP contribution in [0.1, 0.15) is 64.0 Å². The first-order valence-electron chi connectivity index (χ1n) is 7.95. The van der Waals surface area contributed by atoms with Crippen LogP contribution in [0.25, 0.3) is 0 Å². The van der Waals surface area contributed by atoms with Crippen LogP contribution in [0.3, 0.4) is 0 Å². The van der Waals surface area contributed by atoms with E-state index >= 15 is 0 Å². The molecular formula is C18H29NS.